The molecule has 49 heavy (non-hydrogen) atoms. The zero-order valence-electron chi connectivity index (χ0n) is 26.6. The van der Waals surface area contributed by atoms with E-state index in [-0.39, 0.29) is 0 Å². The van der Waals surface area contributed by atoms with Crippen molar-refractivity contribution in [2.75, 3.05) is 0 Å². The summed E-state index contributed by atoms with van der Waals surface area (Å²) in [6, 6.07) is 63.4. The molecule has 0 radical (unpaired) electrons. The van der Waals surface area contributed by atoms with Crippen molar-refractivity contribution < 1.29 is 0 Å². The third kappa shape index (κ3) is 5.26. The third-order valence-electron chi connectivity index (χ3n) is 9.07. The maximum atomic E-state index is 5.11. The van der Waals surface area contributed by atoms with E-state index in [2.05, 4.69) is 126 Å². The number of hydrogen-bond donors (Lipinski definition) is 0. The molecule has 0 aliphatic rings. The number of hydrogen-bond acceptors (Lipinski definition) is 3. The van der Waals surface area contributed by atoms with Crippen molar-refractivity contribution in [2.24, 2.45) is 0 Å². The van der Waals surface area contributed by atoms with Crippen LogP contribution in [0.1, 0.15) is 0 Å². The van der Waals surface area contributed by atoms with Gasteiger partial charge in [-0.2, -0.15) is 0 Å². The van der Waals surface area contributed by atoms with Gasteiger partial charge in [0.25, 0.3) is 0 Å². The van der Waals surface area contributed by atoms with Crippen molar-refractivity contribution in [3.8, 4) is 62.1 Å². The van der Waals surface area contributed by atoms with Crippen molar-refractivity contribution >= 4 is 21.8 Å². The highest BCUT2D eigenvalue weighted by molar-refractivity contribution is 6.11. The molecule has 0 N–H and O–H groups in total. The maximum Gasteiger partial charge on any atom is 0.166 e. The lowest BCUT2D eigenvalue weighted by Gasteiger charge is -2.15. The highest BCUT2D eigenvalue weighted by Crippen LogP contribution is 2.39. The second-order valence-electron chi connectivity index (χ2n) is 12.1. The van der Waals surface area contributed by atoms with E-state index in [1.807, 2.05) is 60.7 Å². The van der Waals surface area contributed by atoms with Crippen LogP contribution in [0.15, 0.2) is 182 Å². The summed E-state index contributed by atoms with van der Waals surface area (Å²) >= 11 is 0. The number of aromatic nitrogens is 4. The Kier molecular flexibility index (Phi) is 7.10. The molecule has 0 atom stereocenters. The first kappa shape index (κ1) is 28.6. The minimum absolute atomic E-state index is 0.624. The summed E-state index contributed by atoms with van der Waals surface area (Å²) in [6.07, 6.45) is 0. The van der Waals surface area contributed by atoms with Crippen molar-refractivity contribution in [1.82, 2.24) is 19.5 Å². The second-order valence-corrected chi connectivity index (χ2v) is 12.1. The molecule has 7 aromatic carbocycles. The van der Waals surface area contributed by atoms with Crippen LogP contribution in [0.2, 0.25) is 0 Å². The normalized spacial score (nSPS) is 11.3. The van der Waals surface area contributed by atoms with Crippen LogP contribution in [0.3, 0.4) is 0 Å². The number of rotatable bonds is 6. The van der Waals surface area contributed by atoms with Crippen molar-refractivity contribution in [1.29, 1.82) is 0 Å². The Balaban J connectivity index is 1.32. The first-order valence-corrected chi connectivity index (χ1v) is 16.5. The zero-order chi connectivity index (χ0) is 32.6. The van der Waals surface area contributed by atoms with E-state index < -0.39 is 0 Å². The van der Waals surface area contributed by atoms with Gasteiger partial charge in [0.1, 0.15) is 0 Å². The highest BCUT2D eigenvalue weighted by Gasteiger charge is 2.20. The lowest BCUT2D eigenvalue weighted by molar-refractivity contribution is 1.06. The second kappa shape index (κ2) is 12.2. The van der Waals surface area contributed by atoms with E-state index in [4.69, 9.17) is 15.0 Å². The quantitative estimate of drug-likeness (QED) is 0.184. The monoisotopic (exact) mass is 626 g/mol. The largest absolute Gasteiger partial charge is 0.308 e. The van der Waals surface area contributed by atoms with Gasteiger partial charge >= 0.3 is 0 Å². The summed E-state index contributed by atoms with van der Waals surface area (Å²) in [5, 5.41) is 2.38. The van der Waals surface area contributed by atoms with E-state index in [1.165, 1.54) is 27.5 Å². The summed E-state index contributed by atoms with van der Waals surface area (Å²) in [7, 11) is 0. The van der Waals surface area contributed by atoms with Gasteiger partial charge in [-0.15, -0.1) is 0 Å². The topological polar surface area (TPSA) is 43.6 Å². The lowest BCUT2D eigenvalue weighted by Crippen LogP contribution is -2.03. The van der Waals surface area contributed by atoms with E-state index in [1.54, 1.807) is 0 Å². The van der Waals surface area contributed by atoms with Gasteiger partial charge in [-0.3, -0.25) is 0 Å². The van der Waals surface area contributed by atoms with Crippen molar-refractivity contribution in [3.05, 3.63) is 182 Å². The standard InChI is InChI=1S/C45H30N4/c1-5-15-31(16-6-1)35-26-28-41-39(29-35)37-27-25-36(32-17-7-2-8-18-32)30-42(37)49(41)40-24-14-13-23-38(40)45-47-43(33-19-9-3-10-20-33)46-44(48-45)34-21-11-4-12-22-34/h1-30H. The average molecular weight is 627 g/mol. The molecule has 0 aliphatic heterocycles. The van der Waals surface area contributed by atoms with Gasteiger partial charge in [0.15, 0.2) is 17.5 Å². The smallest absolute Gasteiger partial charge is 0.166 e. The molecule has 0 aliphatic carbocycles. The van der Waals surface area contributed by atoms with Gasteiger partial charge in [-0.25, -0.2) is 15.0 Å². The van der Waals surface area contributed by atoms with Crippen LogP contribution in [0.4, 0.5) is 0 Å². The molecule has 0 spiro atoms. The summed E-state index contributed by atoms with van der Waals surface area (Å²) in [6.45, 7) is 0. The molecule has 0 amide bonds. The van der Waals surface area contributed by atoms with E-state index in [0.29, 0.717) is 17.5 Å². The molecule has 230 valence electrons. The number of fused-ring (bicyclic) bond motifs is 3. The Morgan fingerprint density at radius 1 is 0.306 bits per heavy atom. The summed E-state index contributed by atoms with van der Waals surface area (Å²) in [4.78, 5) is 15.2. The molecular formula is C45H30N4. The van der Waals surface area contributed by atoms with Crippen LogP contribution in [-0.4, -0.2) is 19.5 Å². The molecular weight excluding hydrogens is 597 g/mol. The van der Waals surface area contributed by atoms with Crippen LogP contribution in [0, 0.1) is 0 Å². The van der Waals surface area contributed by atoms with Gasteiger partial charge < -0.3 is 4.57 Å². The van der Waals surface area contributed by atoms with Crippen molar-refractivity contribution in [2.45, 2.75) is 0 Å². The molecule has 0 saturated heterocycles. The van der Waals surface area contributed by atoms with Crippen LogP contribution >= 0.6 is 0 Å². The Hall–Kier alpha value is -6.65. The van der Waals surface area contributed by atoms with Crippen LogP contribution < -0.4 is 0 Å². The first-order valence-electron chi connectivity index (χ1n) is 16.5. The predicted molar refractivity (Wildman–Crippen MR) is 201 cm³/mol. The van der Waals surface area contributed by atoms with E-state index in [0.717, 1.165) is 39.0 Å². The molecule has 9 aromatic rings. The molecule has 0 fully saturated rings. The molecule has 2 aromatic heterocycles. The first-order chi connectivity index (χ1) is 24.3. The van der Waals surface area contributed by atoms with Gasteiger partial charge in [0, 0.05) is 27.5 Å². The van der Waals surface area contributed by atoms with Crippen LogP contribution in [0.25, 0.3) is 83.9 Å². The highest BCUT2D eigenvalue weighted by atomic mass is 15.1. The molecule has 4 heteroatoms. The van der Waals surface area contributed by atoms with Crippen molar-refractivity contribution in [3.63, 3.8) is 0 Å². The summed E-state index contributed by atoms with van der Waals surface area (Å²) in [5.41, 5.74) is 10.8. The van der Waals surface area contributed by atoms with Crippen LogP contribution in [-0.2, 0) is 0 Å². The number of nitrogens with zero attached hydrogens (tertiary/aromatic N) is 4. The number of para-hydroxylation sites is 1. The predicted octanol–water partition coefficient (Wildman–Crippen LogP) is 11.3. The molecule has 0 bridgehead atoms. The molecule has 0 unspecified atom stereocenters. The average Bonchev–Trinajstić information content (AvgIpc) is 3.52. The molecule has 9 rings (SSSR count). The Bertz CT molecular complexity index is 2520. The zero-order valence-corrected chi connectivity index (χ0v) is 26.6. The van der Waals surface area contributed by atoms with Gasteiger partial charge in [-0.1, -0.05) is 152 Å². The van der Waals surface area contributed by atoms with Gasteiger partial charge in [0.2, 0.25) is 0 Å². The molecule has 0 saturated carbocycles. The summed E-state index contributed by atoms with van der Waals surface area (Å²) in [5.74, 6) is 1.90. The van der Waals surface area contributed by atoms with E-state index >= 15 is 0 Å². The lowest BCUT2D eigenvalue weighted by atomic mass is 10.0. The third-order valence-corrected chi connectivity index (χ3v) is 9.07. The SMILES string of the molecule is c1ccc(-c2ccc3c(c2)c2ccc(-c4ccccc4)cc2n3-c2ccccc2-c2nc(-c3ccccc3)nc(-c3ccccc3)n2)cc1. The summed E-state index contributed by atoms with van der Waals surface area (Å²) < 4.78 is 2.37. The molecule has 4 nitrogen and oxygen atoms in total. The van der Waals surface area contributed by atoms with Gasteiger partial charge in [0.05, 0.1) is 16.7 Å². The fraction of sp³-hybridized carbons (Fsp3) is 0. The fourth-order valence-electron chi connectivity index (χ4n) is 6.69. The Morgan fingerprint density at radius 3 is 1.37 bits per heavy atom. The van der Waals surface area contributed by atoms with Gasteiger partial charge in [-0.05, 0) is 52.6 Å². The minimum atomic E-state index is 0.624. The minimum Gasteiger partial charge on any atom is -0.308 e. The molecule has 2 heterocycles. The fourth-order valence-corrected chi connectivity index (χ4v) is 6.69. The number of benzene rings is 7. The maximum absolute atomic E-state index is 5.11. The van der Waals surface area contributed by atoms with E-state index in [9.17, 15) is 0 Å². The Morgan fingerprint density at radius 2 is 0.776 bits per heavy atom. The Labute approximate surface area is 284 Å². The van der Waals surface area contributed by atoms with Crippen LogP contribution in [0.5, 0.6) is 0 Å².